The van der Waals surface area contributed by atoms with E-state index in [1.54, 1.807) is 33.8 Å². The number of carbonyl (C=O) groups is 3. The zero-order valence-electron chi connectivity index (χ0n) is 20.3. The van der Waals surface area contributed by atoms with Crippen LogP contribution in [0.5, 0.6) is 5.75 Å². The third-order valence-corrected chi connectivity index (χ3v) is 5.47. The van der Waals surface area contributed by atoms with Crippen LogP contribution in [0.25, 0.3) is 11.1 Å². The van der Waals surface area contributed by atoms with Crippen LogP contribution in [-0.4, -0.2) is 40.1 Å². The Kier molecular flexibility index (Phi) is 7.91. The molecule has 7 nitrogen and oxygen atoms in total. The van der Waals surface area contributed by atoms with Crippen LogP contribution in [0.4, 0.5) is 4.79 Å². The number of carboxylic acid groups (broad SMARTS) is 1. The van der Waals surface area contributed by atoms with Gasteiger partial charge in [0.05, 0.1) is 0 Å². The molecule has 7 heteroatoms. The van der Waals surface area contributed by atoms with Crippen LogP contribution in [0, 0.1) is 6.92 Å². The van der Waals surface area contributed by atoms with Crippen molar-refractivity contribution in [2.45, 2.75) is 39.8 Å². The third-order valence-electron chi connectivity index (χ3n) is 5.47. The average Bonchev–Trinajstić information content (AvgIpc) is 2.82. The van der Waals surface area contributed by atoms with Crippen molar-refractivity contribution in [2.75, 3.05) is 6.54 Å². The van der Waals surface area contributed by atoms with Gasteiger partial charge in [-0.3, -0.25) is 9.69 Å². The van der Waals surface area contributed by atoms with Crippen molar-refractivity contribution in [3.05, 3.63) is 89.5 Å². The van der Waals surface area contributed by atoms with Gasteiger partial charge >= 0.3 is 18.0 Å². The molecule has 0 aliphatic heterocycles. The minimum absolute atomic E-state index is 0.0595. The molecule has 1 amide bonds. The fourth-order valence-electron chi connectivity index (χ4n) is 3.55. The van der Waals surface area contributed by atoms with E-state index in [9.17, 15) is 19.5 Å². The van der Waals surface area contributed by atoms with Crippen molar-refractivity contribution in [1.82, 2.24) is 4.90 Å². The van der Waals surface area contributed by atoms with Crippen molar-refractivity contribution >= 4 is 18.0 Å². The fourth-order valence-corrected chi connectivity index (χ4v) is 3.55. The lowest BCUT2D eigenvalue weighted by molar-refractivity contribution is -0.146. The van der Waals surface area contributed by atoms with Crippen LogP contribution >= 0.6 is 0 Å². The largest absolute Gasteiger partial charge is 0.478 e. The van der Waals surface area contributed by atoms with Crippen LogP contribution in [0.15, 0.2) is 72.8 Å². The molecule has 0 bridgehead atoms. The van der Waals surface area contributed by atoms with E-state index in [-0.39, 0.29) is 24.5 Å². The molecule has 182 valence electrons. The molecule has 0 radical (unpaired) electrons. The number of esters is 1. The maximum atomic E-state index is 13.2. The molecule has 0 saturated carbocycles. The summed E-state index contributed by atoms with van der Waals surface area (Å²) in [6.45, 7) is 6.69. The lowest BCUT2D eigenvalue weighted by atomic mass is 9.97. The van der Waals surface area contributed by atoms with Crippen molar-refractivity contribution < 1.29 is 29.0 Å². The second-order valence-electron chi connectivity index (χ2n) is 9.06. The maximum Gasteiger partial charge on any atom is 0.416 e. The number of carboxylic acids is 1. The first-order valence-corrected chi connectivity index (χ1v) is 11.2. The number of aromatic carboxylic acids is 1. The van der Waals surface area contributed by atoms with Gasteiger partial charge in [0.15, 0.2) is 5.75 Å². The molecule has 0 saturated heterocycles. The number of rotatable bonds is 7. The minimum atomic E-state index is -1.22. The van der Waals surface area contributed by atoms with E-state index >= 15 is 0 Å². The molecular formula is C28H29NO6. The van der Waals surface area contributed by atoms with Gasteiger partial charge in [-0.2, -0.15) is 0 Å². The second-order valence-corrected chi connectivity index (χ2v) is 9.06. The Balaban J connectivity index is 1.85. The minimum Gasteiger partial charge on any atom is -0.478 e. The predicted octanol–water partition coefficient (Wildman–Crippen LogP) is 5.70. The highest BCUT2D eigenvalue weighted by Crippen LogP contribution is 2.34. The molecule has 0 aliphatic carbocycles. The SMILES string of the molecule is Cc1c(-c2ccccc2)ccc(C(=O)O)c1OC(=O)N(CC(=O)OCc1ccccc1)C(C)(C)C. The first kappa shape index (κ1) is 25.5. The monoisotopic (exact) mass is 475 g/mol. The summed E-state index contributed by atoms with van der Waals surface area (Å²) >= 11 is 0. The van der Waals surface area contributed by atoms with Crippen LogP contribution < -0.4 is 4.74 Å². The number of hydrogen-bond acceptors (Lipinski definition) is 5. The Labute approximate surface area is 204 Å². The van der Waals surface area contributed by atoms with E-state index in [0.717, 1.165) is 16.7 Å². The molecule has 0 spiro atoms. The first-order valence-electron chi connectivity index (χ1n) is 11.2. The van der Waals surface area contributed by atoms with Gasteiger partial charge in [-0.1, -0.05) is 66.7 Å². The number of benzene rings is 3. The lowest BCUT2D eigenvalue weighted by Crippen LogP contribution is -2.49. The molecule has 35 heavy (non-hydrogen) atoms. The number of amides is 1. The quantitative estimate of drug-likeness (QED) is 0.441. The first-order chi connectivity index (χ1) is 16.6. The van der Waals surface area contributed by atoms with Gasteiger partial charge in [0.2, 0.25) is 0 Å². The van der Waals surface area contributed by atoms with Gasteiger partial charge in [0.1, 0.15) is 18.7 Å². The molecule has 3 rings (SSSR count). The van der Waals surface area contributed by atoms with Crippen molar-refractivity contribution in [3.63, 3.8) is 0 Å². The van der Waals surface area contributed by atoms with Gasteiger partial charge in [-0.25, -0.2) is 9.59 Å². The van der Waals surface area contributed by atoms with Crippen LogP contribution in [0.1, 0.15) is 42.3 Å². The van der Waals surface area contributed by atoms with E-state index in [1.165, 1.54) is 11.0 Å². The van der Waals surface area contributed by atoms with Gasteiger partial charge in [-0.15, -0.1) is 0 Å². The highest BCUT2D eigenvalue weighted by atomic mass is 16.6. The molecule has 0 atom stereocenters. The van der Waals surface area contributed by atoms with Crippen molar-refractivity contribution in [2.24, 2.45) is 0 Å². The summed E-state index contributed by atoms with van der Waals surface area (Å²) < 4.78 is 11.0. The molecule has 0 aliphatic rings. The topological polar surface area (TPSA) is 93.1 Å². The Morgan fingerprint density at radius 2 is 1.49 bits per heavy atom. The summed E-state index contributed by atoms with van der Waals surface area (Å²) in [5.41, 5.74) is 1.99. The Bertz CT molecular complexity index is 1200. The van der Waals surface area contributed by atoms with Crippen molar-refractivity contribution in [3.8, 4) is 16.9 Å². The Morgan fingerprint density at radius 3 is 2.06 bits per heavy atom. The van der Waals surface area contributed by atoms with Gasteiger partial charge in [0.25, 0.3) is 0 Å². The molecule has 0 heterocycles. The molecule has 0 aromatic heterocycles. The van der Waals surface area contributed by atoms with Crippen LogP contribution in [0.3, 0.4) is 0 Å². The second kappa shape index (κ2) is 10.9. The molecule has 0 unspecified atom stereocenters. The highest BCUT2D eigenvalue weighted by Gasteiger charge is 2.32. The lowest BCUT2D eigenvalue weighted by Gasteiger charge is -2.34. The van der Waals surface area contributed by atoms with Crippen LogP contribution in [0.2, 0.25) is 0 Å². The van der Waals surface area contributed by atoms with E-state index in [2.05, 4.69) is 0 Å². The summed E-state index contributed by atoms with van der Waals surface area (Å²) in [5.74, 6) is -1.88. The highest BCUT2D eigenvalue weighted by molar-refractivity contribution is 5.94. The van der Waals surface area contributed by atoms with Crippen LogP contribution in [-0.2, 0) is 16.1 Å². The summed E-state index contributed by atoms with van der Waals surface area (Å²) in [6, 6.07) is 21.7. The summed E-state index contributed by atoms with van der Waals surface area (Å²) in [5, 5.41) is 9.71. The Morgan fingerprint density at radius 1 is 0.886 bits per heavy atom. The fraction of sp³-hybridized carbons (Fsp3) is 0.250. The normalized spacial score (nSPS) is 11.0. The molecule has 1 N–H and O–H groups in total. The van der Waals surface area contributed by atoms with Crippen molar-refractivity contribution in [1.29, 1.82) is 0 Å². The van der Waals surface area contributed by atoms with Gasteiger partial charge in [-0.05, 0) is 50.5 Å². The van der Waals surface area contributed by atoms with Gasteiger partial charge in [0, 0.05) is 11.1 Å². The van der Waals surface area contributed by atoms with E-state index < -0.39 is 23.6 Å². The molecular weight excluding hydrogens is 446 g/mol. The molecule has 3 aromatic carbocycles. The zero-order valence-corrected chi connectivity index (χ0v) is 20.3. The summed E-state index contributed by atoms with van der Waals surface area (Å²) in [4.78, 5) is 38.9. The number of hydrogen-bond donors (Lipinski definition) is 1. The predicted molar refractivity (Wildman–Crippen MR) is 132 cm³/mol. The number of nitrogens with zero attached hydrogens (tertiary/aromatic N) is 1. The summed E-state index contributed by atoms with van der Waals surface area (Å²) in [7, 11) is 0. The standard InChI is InChI=1S/C28H29NO6/c1-19-22(21-13-9-6-10-14-21)15-16-23(26(31)32)25(19)35-27(33)29(28(2,3)4)17-24(30)34-18-20-11-7-5-8-12-20/h5-16H,17-18H2,1-4H3,(H,31,32). The third kappa shape index (κ3) is 6.47. The van der Waals surface area contributed by atoms with E-state index in [4.69, 9.17) is 9.47 Å². The molecule has 3 aromatic rings. The number of ether oxygens (including phenoxy) is 2. The molecule has 0 fully saturated rings. The van der Waals surface area contributed by atoms with E-state index in [0.29, 0.717) is 5.56 Å². The Hall–Kier alpha value is -4.13. The zero-order chi connectivity index (χ0) is 25.6. The number of carbonyl (C=O) groups excluding carboxylic acids is 2. The average molecular weight is 476 g/mol. The smallest absolute Gasteiger partial charge is 0.416 e. The summed E-state index contributed by atoms with van der Waals surface area (Å²) in [6.07, 6.45) is -0.843. The van der Waals surface area contributed by atoms with Gasteiger partial charge < -0.3 is 14.6 Å². The van der Waals surface area contributed by atoms with E-state index in [1.807, 2.05) is 60.7 Å². The maximum absolute atomic E-state index is 13.2.